The Bertz CT molecular complexity index is 896. The predicted octanol–water partition coefficient (Wildman–Crippen LogP) is 3.09. The van der Waals surface area contributed by atoms with Crippen LogP contribution in [-0.2, 0) is 14.8 Å². The summed E-state index contributed by atoms with van der Waals surface area (Å²) in [5.41, 5.74) is 0.748. The van der Waals surface area contributed by atoms with Gasteiger partial charge in [0, 0.05) is 12.2 Å². The molecule has 0 atom stereocenters. The van der Waals surface area contributed by atoms with Crippen molar-refractivity contribution < 1.29 is 22.0 Å². The molecule has 0 N–H and O–H groups in total. The Hall–Kier alpha value is -2.48. The second kappa shape index (κ2) is 7.82. The summed E-state index contributed by atoms with van der Waals surface area (Å²) < 4.78 is 52.8. The molecule has 0 bridgehead atoms. The number of anilines is 2. The lowest BCUT2D eigenvalue weighted by Gasteiger charge is -2.27. The van der Waals surface area contributed by atoms with Crippen LogP contribution in [0.2, 0.25) is 0 Å². The van der Waals surface area contributed by atoms with Crippen LogP contribution in [0.3, 0.4) is 0 Å². The van der Waals surface area contributed by atoms with E-state index < -0.39 is 39.8 Å². The largest absolute Gasteiger partial charge is 0.311 e. The van der Waals surface area contributed by atoms with Crippen molar-refractivity contribution in [2.45, 2.75) is 13.8 Å². The molecule has 0 saturated heterocycles. The maximum atomic E-state index is 14.1. The number of amides is 1. The van der Waals surface area contributed by atoms with E-state index in [1.54, 1.807) is 25.1 Å². The van der Waals surface area contributed by atoms with Gasteiger partial charge < -0.3 is 4.90 Å². The van der Waals surface area contributed by atoms with Crippen LogP contribution in [0, 0.1) is 18.6 Å². The maximum Gasteiger partial charge on any atom is 0.247 e. The van der Waals surface area contributed by atoms with E-state index in [9.17, 15) is 22.0 Å². The first-order valence-electron chi connectivity index (χ1n) is 7.94. The fourth-order valence-electron chi connectivity index (χ4n) is 2.60. The van der Waals surface area contributed by atoms with Gasteiger partial charge in [-0.1, -0.05) is 18.2 Å². The Kier molecular flexibility index (Phi) is 5.97. The van der Waals surface area contributed by atoms with Crippen molar-refractivity contribution in [3.05, 3.63) is 59.7 Å². The van der Waals surface area contributed by atoms with Gasteiger partial charge in [0.05, 0.1) is 6.26 Å². The molecule has 0 heterocycles. The minimum absolute atomic E-state index is 0.277. The zero-order chi connectivity index (χ0) is 19.5. The molecule has 140 valence electrons. The van der Waals surface area contributed by atoms with Crippen LogP contribution >= 0.6 is 0 Å². The number of carbonyl (C=O) groups is 1. The number of sulfonamides is 1. The first-order chi connectivity index (χ1) is 12.1. The number of likely N-dealkylation sites (N-methyl/N-ethyl adjacent to an activating group) is 1. The van der Waals surface area contributed by atoms with Crippen molar-refractivity contribution in [3.63, 3.8) is 0 Å². The number of halogens is 2. The van der Waals surface area contributed by atoms with E-state index in [0.717, 1.165) is 30.0 Å². The second-order valence-corrected chi connectivity index (χ2v) is 7.72. The van der Waals surface area contributed by atoms with Crippen molar-refractivity contribution in [3.8, 4) is 0 Å². The zero-order valence-corrected chi connectivity index (χ0v) is 15.6. The third-order valence-electron chi connectivity index (χ3n) is 3.80. The smallest absolute Gasteiger partial charge is 0.247 e. The van der Waals surface area contributed by atoms with E-state index in [4.69, 9.17) is 0 Å². The van der Waals surface area contributed by atoms with Crippen molar-refractivity contribution in [2.75, 3.05) is 28.6 Å². The van der Waals surface area contributed by atoms with Gasteiger partial charge >= 0.3 is 0 Å². The van der Waals surface area contributed by atoms with Crippen LogP contribution in [0.5, 0.6) is 0 Å². The minimum atomic E-state index is -4.08. The number of para-hydroxylation sites is 1. The van der Waals surface area contributed by atoms with Crippen LogP contribution in [0.15, 0.2) is 42.5 Å². The van der Waals surface area contributed by atoms with E-state index in [0.29, 0.717) is 9.99 Å². The van der Waals surface area contributed by atoms with E-state index >= 15 is 0 Å². The predicted molar refractivity (Wildman–Crippen MR) is 97.8 cm³/mol. The van der Waals surface area contributed by atoms with Crippen molar-refractivity contribution >= 4 is 27.3 Å². The highest BCUT2D eigenvalue weighted by Gasteiger charge is 2.28. The molecule has 1 amide bonds. The summed E-state index contributed by atoms with van der Waals surface area (Å²) in [4.78, 5) is 14.1. The summed E-state index contributed by atoms with van der Waals surface area (Å²) in [5.74, 6) is -2.70. The molecule has 0 unspecified atom stereocenters. The van der Waals surface area contributed by atoms with Crippen LogP contribution in [-0.4, -0.2) is 33.7 Å². The number of rotatable bonds is 6. The average molecular weight is 382 g/mol. The maximum absolute atomic E-state index is 14.1. The van der Waals surface area contributed by atoms with E-state index in [1.165, 1.54) is 4.90 Å². The third kappa shape index (κ3) is 4.37. The summed E-state index contributed by atoms with van der Waals surface area (Å²) in [5, 5.41) is 0. The van der Waals surface area contributed by atoms with Gasteiger partial charge in [0.25, 0.3) is 0 Å². The highest BCUT2D eigenvalue weighted by Crippen LogP contribution is 2.26. The quantitative estimate of drug-likeness (QED) is 0.771. The highest BCUT2D eigenvalue weighted by molar-refractivity contribution is 7.92. The van der Waals surface area contributed by atoms with Gasteiger partial charge in [-0.3, -0.25) is 9.10 Å². The molecule has 0 fully saturated rings. The molecule has 2 rings (SSSR count). The Labute approximate surface area is 151 Å². The van der Waals surface area contributed by atoms with Gasteiger partial charge in [0.15, 0.2) is 11.6 Å². The lowest BCUT2D eigenvalue weighted by molar-refractivity contribution is -0.117. The van der Waals surface area contributed by atoms with Crippen LogP contribution < -0.4 is 9.21 Å². The molecular weight excluding hydrogens is 362 g/mol. The Balaban J connectivity index is 2.41. The summed E-state index contributed by atoms with van der Waals surface area (Å²) in [6.07, 6.45) is 0.801. The SMILES string of the molecule is CCN(C(=O)CN(c1c(F)cccc1F)S(C)(=O)=O)c1cccc(C)c1. The van der Waals surface area contributed by atoms with Gasteiger partial charge in [-0.05, 0) is 43.7 Å². The lowest BCUT2D eigenvalue weighted by atomic mass is 10.2. The molecule has 0 radical (unpaired) electrons. The van der Waals surface area contributed by atoms with E-state index in [2.05, 4.69) is 0 Å². The van der Waals surface area contributed by atoms with Crippen LogP contribution in [0.4, 0.5) is 20.2 Å². The van der Waals surface area contributed by atoms with Gasteiger partial charge in [-0.2, -0.15) is 0 Å². The molecule has 0 spiro atoms. The number of benzene rings is 2. The monoisotopic (exact) mass is 382 g/mol. The molecule has 0 aliphatic carbocycles. The topological polar surface area (TPSA) is 57.7 Å². The number of nitrogens with zero attached hydrogens (tertiary/aromatic N) is 2. The molecule has 0 aliphatic heterocycles. The number of hydrogen-bond donors (Lipinski definition) is 0. The molecule has 2 aromatic rings. The molecule has 0 aromatic heterocycles. The fraction of sp³-hybridized carbons (Fsp3) is 0.278. The third-order valence-corrected chi connectivity index (χ3v) is 4.91. The average Bonchev–Trinajstić information content (AvgIpc) is 2.53. The number of aryl methyl sites for hydroxylation is 1. The molecule has 0 saturated carbocycles. The zero-order valence-electron chi connectivity index (χ0n) is 14.7. The molecule has 26 heavy (non-hydrogen) atoms. The van der Waals surface area contributed by atoms with Gasteiger partial charge in [0.2, 0.25) is 15.9 Å². The summed E-state index contributed by atoms with van der Waals surface area (Å²) in [6.45, 7) is 3.16. The van der Waals surface area contributed by atoms with Crippen LogP contribution in [0.25, 0.3) is 0 Å². The lowest BCUT2D eigenvalue weighted by Crippen LogP contribution is -2.43. The van der Waals surface area contributed by atoms with Gasteiger partial charge in [-0.25, -0.2) is 17.2 Å². The number of carbonyl (C=O) groups excluding carboxylic acids is 1. The van der Waals surface area contributed by atoms with Crippen molar-refractivity contribution in [1.82, 2.24) is 0 Å². The molecule has 8 heteroatoms. The first kappa shape index (κ1) is 19.8. The first-order valence-corrected chi connectivity index (χ1v) is 9.78. The second-order valence-electron chi connectivity index (χ2n) is 5.82. The van der Waals surface area contributed by atoms with E-state index in [-0.39, 0.29) is 6.54 Å². The molecular formula is C18H20F2N2O3S. The van der Waals surface area contributed by atoms with Crippen molar-refractivity contribution in [1.29, 1.82) is 0 Å². The molecule has 0 aliphatic rings. The van der Waals surface area contributed by atoms with E-state index in [1.807, 2.05) is 13.0 Å². The Morgan fingerprint density at radius 3 is 2.15 bits per heavy atom. The van der Waals surface area contributed by atoms with Crippen molar-refractivity contribution in [2.24, 2.45) is 0 Å². The molecule has 5 nitrogen and oxygen atoms in total. The highest BCUT2D eigenvalue weighted by atomic mass is 32.2. The van der Waals surface area contributed by atoms with Crippen LogP contribution in [0.1, 0.15) is 12.5 Å². The Morgan fingerprint density at radius 2 is 1.65 bits per heavy atom. The minimum Gasteiger partial charge on any atom is -0.311 e. The number of hydrogen-bond acceptors (Lipinski definition) is 3. The van der Waals surface area contributed by atoms with Gasteiger partial charge in [0.1, 0.15) is 12.2 Å². The fourth-order valence-corrected chi connectivity index (χ4v) is 3.45. The Morgan fingerprint density at radius 1 is 1.08 bits per heavy atom. The summed E-state index contributed by atoms with van der Waals surface area (Å²) in [6, 6.07) is 10.1. The normalized spacial score (nSPS) is 11.3. The summed E-state index contributed by atoms with van der Waals surface area (Å²) >= 11 is 0. The van der Waals surface area contributed by atoms with Gasteiger partial charge in [-0.15, -0.1) is 0 Å². The summed E-state index contributed by atoms with van der Waals surface area (Å²) in [7, 11) is -4.08. The molecule has 2 aromatic carbocycles. The standard InChI is InChI=1S/C18H20F2N2O3S/c1-4-21(14-8-5-7-13(2)11-14)17(23)12-22(26(3,24)25)18-15(19)9-6-10-16(18)20/h5-11H,4,12H2,1-3H3.